The van der Waals surface area contributed by atoms with E-state index in [9.17, 15) is 19.8 Å². The third-order valence-corrected chi connectivity index (χ3v) is 9.29. The van der Waals surface area contributed by atoms with Crippen LogP contribution in [0, 0.1) is 6.92 Å². The number of hydrogen-bond donors (Lipinski definition) is 2. The number of hydrogen-bond acceptors (Lipinski definition) is 10. The molecule has 2 N–H and O–H groups in total. The van der Waals surface area contributed by atoms with E-state index in [1.807, 2.05) is 38.1 Å². The van der Waals surface area contributed by atoms with Crippen molar-refractivity contribution in [1.82, 2.24) is 10.2 Å². The number of halogens is 1. The lowest BCUT2D eigenvalue weighted by atomic mass is 9.95. The molecular formula is C30H26BrN3O6S2. The maximum atomic E-state index is 13.6. The van der Waals surface area contributed by atoms with Gasteiger partial charge in [-0.05, 0) is 77.3 Å². The number of benzene rings is 3. The molecule has 1 aromatic heterocycles. The molecule has 3 aromatic carbocycles. The first kappa shape index (κ1) is 29.6. The van der Waals surface area contributed by atoms with E-state index in [0.29, 0.717) is 33.6 Å². The van der Waals surface area contributed by atoms with Crippen molar-refractivity contribution in [3.05, 3.63) is 93.0 Å². The Hall–Kier alpha value is -3.87. The van der Waals surface area contributed by atoms with Crippen LogP contribution in [0.3, 0.4) is 0 Å². The van der Waals surface area contributed by atoms with Crippen LogP contribution >= 0.6 is 39.0 Å². The number of aromatic hydroxyl groups is 1. The van der Waals surface area contributed by atoms with Gasteiger partial charge in [-0.15, -0.1) is 10.2 Å². The quantitative estimate of drug-likeness (QED) is 0.0665. The molecule has 12 heteroatoms. The molecule has 1 aliphatic rings. The molecular weight excluding hydrogens is 642 g/mol. The maximum absolute atomic E-state index is 13.6. The highest BCUT2D eigenvalue weighted by molar-refractivity contribution is 9.10. The zero-order valence-corrected chi connectivity index (χ0v) is 26.0. The molecule has 2 heterocycles. The highest BCUT2D eigenvalue weighted by Gasteiger charge is 2.48. The number of phenols is 1. The molecule has 0 spiro atoms. The van der Waals surface area contributed by atoms with Crippen molar-refractivity contribution in [3.8, 4) is 17.2 Å². The summed E-state index contributed by atoms with van der Waals surface area (Å²) in [7, 11) is 1.39. The van der Waals surface area contributed by atoms with Crippen molar-refractivity contribution in [2.45, 2.75) is 30.0 Å². The number of aliphatic hydroxyl groups excluding tert-OH is 1. The molecule has 1 unspecified atom stereocenters. The summed E-state index contributed by atoms with van der Waals surface area (Å²) in [5, 5.41) is 30.6. The van der Waals surface area contributed by atoms with Gasteiger partial charge < -0.3 is 19.7 Å². The minimum absolute atomic E-state index is 0.123. The number of methoxy groups -OCH3 is 1. The number of ketones is 1. The number of amides is 1. The number of Topliss-reactive ketones (excluding diaryl/α,β-unsaturated/α-hetero) is 1. The fourth-order valence-electron chi connectivity index (χ4n) is 4.47. The monoisotopic (exact) mass is 667 g/mol. The SMILES string of the molecule is CCOc1ccc(/C(O)=C2/C(=O)C(=O)N(c3nnc(SCc4ccc(C)cc4)s3)C2c2cc(Br)c(O)c(OC)c2)cc1. The van der Waals surface area contributed by atoms with Gasteiger partial charge in [0, 0.05) is 11.3 Å². The zero-order valence-electron chi connectivity index (χ0n) is 22.8. The van der Waals surface area contributed by atoms with E-state index in [1.54, 1.807) is 30.3 Å². The number of aliphatic hydroxyl groups is 1. The number of ether oxygens (including phenoxy) is 2. The number of phenolic OH excluding ortho intramolecular Hbond substituents is 1. The van der Waals surface area contributed by atoms with Gasteiger partial charge in [0.05, 0.1) is 29.8 Å². The molecule has 9 nitrogen and oxygen atoms in total. The first-order valence-corrected chi connectivity index (χ1v) is 15.4. The summed E-state index contributed by atoms with van der Waals surface area (Å²) in [5.41, 5.74) is 2.89. The molecule has 4 aromatic rings. The molecule has 0 saturated carbocycles. The Morgan fingerprint density at radius 3 is 2.48 bits per heavy atom. The standard InChI is InChI=1S/C30H26BrN3O6S2/c1-4-40-20-11-9-18(10-12-20)25(35)23-24(19-13-21(31)26(36)22(14-19)39-3)34(28(38)27(23)37)29-32-33-30(42-29)41-15-17-7-5-16(2)6-8-17/h5-14,24,35-36H,4,15H2,1-3H3/b25-23-. The molecule has 1 fully saturated rings. The van der Waals surface area contributed by atoms with E-state index in [4.69, 9.17) is 9.47 Å². The fraction of sp³-hybridized carbons (Fsp3) is 0.200. The molecule has 5 rings (SSSR count). The molecule has 0 bridgehead atoms. The molecule has 0 aliphatic carbocycles. The summed E-state index contributed by atoms with van der Waals surface area (Å²) in [4.78, 5) is 28.3. The van der Waals surface area contributed by atoms with E-state index in [2.05, 4.69) is 26.1 Å². The van der Waals surface area contributed by atoms with Crippen LogP contribution in [-0.2, 0) is 15.3 Å². The molecule has 1 atom stereocenters. The highest BCUT2D eigenvalue weighted by Crippen LogP contribution is 2.47. The molecule has 42 heavy (non-hydrogen) atoms. The van der Waals surface area contributed by atoms with Crippen LogP contribution in [0.5, 0.6) is 17.2 Å². The van der Waals surface area contributed by atoms with Crippen LogP contribution in [0.15, 0.2) is 75.0 Å². The second-order valence-corrected chi connectivity index (χ2v) is 12.3. The van der Waals surface area contributed by atoms with Gasteiger partial charge in [0.25, 0.3) is 5.78 Å². The van der Waals surface area contributed by atoms with Crippen LogP contribution in [-0.4, -0.2) is 45.8 Å². The van der Waals surface area contributed by atoms with Crippen LogP contribution in [0.2, 0.25) is 0 Å². The fourth-order valence-corrected chi connectivity index (χ4v) is 6.75. The van der Waals surface area contributed by atoms with E-state index in [-0.39, 0.29) is 32.4 Å². The number of anilines is 1. The van der Waals surface area contributed by atoms with Gasteiger partial charge in [-0.2, -0.15) is 0 Å². The van der Waals surface area contributed by atoms with E-state index >= 15 is 0 Å². The minimum Gasteiger partial charge on any atom is -0.507 e. The molecule has 216 valence electrons. The van der Waals surface area contributed by atoms with Crippen molar-refractivity contribution in [1.29, 1.82) is 0 Å². The number of aromatic nitrogens is 2. The Kier molecular flexibility index (Phi) is 8.85. The van der Waals surface area contributed by atoms with Crippen molar-refractivity contribution < 1.29 is 29.3 Å². The summed E-state index contributed by atoms with van der Waals surface area (Å²) in [6.07, 6.45) is 0. The maximum Gasteiger partial charge on any atom is 0.301 e. The first-order valence-electron chi connectivity index (χ1n) is 12.8. The number of aryl methyl sites for hydroxylation is 1. The Morgan fingerprint density at radius 1 is 1.10 bits per heavy atom. The van der Waals surface area contributed by atoms with E-state index in [0.717, 1.165) is 5.56 Å². The van der Waals surface area contributed by atoms with Crippen molar-refractivity contribution >= 4 is 61.6 Å². The largest absolute Gasteiger partial charge is 0.507 e. The molecule has 1 saturated heterocycles. The third-order valence-electron chi connectivity index (χ3n) is 6.55. The van der Waals surface area contributed by atoms with Crippen molar-refractivity contribution in [2.75, 3.05) is 18.6 Å². The number of thioether (sulfide) groups is 1. The highest BCUT2D eigenvalue weighted by atomic mass is 79.9. The van der Waals surface area contributed by atoms with Crippen molar-refractivity contribution in [2.24, 2.45) is 0 Å². The van der Waals surface area contributed by atoms with Gasteiger partial charge in [0.1, 0.15) is 11.5 Å². The Labute approximate surface area is 258 Å². The predicted molar refractivity (Wildman–Crippen MR) is 165 cm³/mol. The molecule has 1 aliphatic heterocycles. The van der Waals surface area contributed by atoms with Gasteiger partial charge in [0.2, 0.25) is 5.13 Å². The van der Waals surface area contributed by atoms with Crippen molar-refractivity contribution in [3.63, 3.8) is 0 Å². The number of nitrogens with zero attached hydrogens (tertiary/aromatic N) is 3. The summed E-state index contributed by atoms with van der Waals surface area (Å²) in [6, 6.07) is 16.7. The second-order valence-electron chi connectivity index (χ2n) is 9.30. The molecule has 0 radical (unpaired) electrons. The predicted octanol–water partition coefficient (Wildman–Crippen LogP) is 6.64. The van der Waals surface area contributed by atoms with Crippen LogP contribution in [0.1, 0.15) is 35.2 Å². The minimum atomic E-state index is -1.08. The lowest BCUT2D eigenvalue weighted by Crippen LogP contribution is -2.29. The van der Waals surface area contributed by atoms with Gasteiger partial charge in [-0.25, -0.2) is 0 Å². The van der Waals surface area contributed by atoms with Crippen LogP contribution < -0.4 is 14.4 Å². The summed E-state index contributed by atoms with van der Waals surface area (Å²) in [5.74, 6) is -0.862. The zero-order chi connectivity index (χ0) is 30.0. The number of rotatable bonds is 9. The van der Waals surface area contributed by atoms with Crippen LogP contribution in [0.4, 0.5) is 5.13 Å². The Balaban J connectivity index is 1.57. The summed E-state index contributed by atoms with van der Waals surface area (Å²) >= 11 is 5.97. The second kappa shape index (κ2) is 12.6. The summed E-state index contributed by atoms with van der Waals surface area (Å²) in [6.45, 7) is 4.36. The van der Waals surface area contributed by atoms with E-state index < -0.39 is 17.7 Å². The normalized spacial score (nSPS) is 16.2. The van der Waals surface area contributed by atoms with Gasteiger partial charge >= 0.3 is 5.91 Å². The average Bonchev–Trinajstić information content (AvgIpc) is 3.56. The first-order chi connectivity index (χ1) is 20.2. The number of carbonyl (C=O) groups is 2. The topological polar surface area (TPSA) is 122 Å². The summed E-state index contributed by atoms with van der Waals surface area (Å²) < 4.78 is 11.7. The lowest BCUT2D eigenvalue weighted by Gasteiger charge is -2.23. The molecule has 1 amide bonds. The Bertz CT molecular complexity index is 1670. The smallest absolute Gasteiger partial charge is 0.301 e. The number of carbonyl (C=O) groups excluding carboxylic acids is 2. The van der Waals surface area contributed by atoms with Gasteiger partial charge in [-0.3, -0.25) is 14.5 Å². The van der Waals surface area contributed by atoms with Gasteiger partial charge in [0.15, 0.2) is 15.8 Å². The third kappa shape index (κ3) is 5.87. The Morgan fingerprint density at radius 2 is 1.81 bits per heavy atom. The van der Waals surface area contributed by atoms with Crippen LogP contribution in [0.25, 0.3) is 5.76 Å². The van der Waals surface area contributed by atoms with Gasteiger partial charge in [-0.1, -0.05) is 52.9 Å². The van der Waals surface area contributed by atoms with E-state index in [1.165, 1.54) is 46.7 Å². The average molecular weight is 669 g/mol. The lowest BCUT2D eigenvalue weighted by molar-refractivity contribution is -0.132.